The fourth-order valence-electron chi connectivity index (χ4n) is 2.97. The molecule has 7 heteroatoms. The summed E-state index contributed by atoms with van der Waals surface area (Å²) >= 11 is 0. The molecule has 1 saturated heterocycles. The first-order valence-corrected chi connectivity index (χ1v) is 9.26. The highest BCUT2D eigenvalue weighted by Gasteiger charge is 2.15. The van der Waals surface area contributed by atoms with E-state index in [0.29, 0.717) is 12.0 Å². The summed E-state index contributed by atoms with van der Waals surface area (Å²) in [6.45, 7) is 10.5. The zero-order valence-electron chi connectivity index (χ0n) is 15.6. The first-order valence-electron chi connectivity index (χ1n) is 9.26. The van der Waals surface area contributed by atoms with Gasteiger partial charge < -0.3 is 15.0 Å². The third-order valence-electron chi connectivity index (χ3n) is 4.47. The Bertz CT molecular complexity index is 660. The second kappa shape index (κ2) is 9.45. The molecule has 0 unspecified atom stereocenters. The van der Waals surface area contributed by atoms with E-state index in [9.17, 15) is 0 Å². The van der Waals surface area contributed by atoms with Gasteiger partial charge in [-0.3, -0.25) is 4.90 Å². The molecular formula is C19H28N6O. The van der Waals surface area contributed by atoms with Crippen molar-refractivity contribution in [3.8, 4) is 0 Å². The minimum Gasteiger partial charge on any atom is -0.379 e. The minimum atomic E-state index is 0.313. The summed E-state index contributed by atoms with van der Waals surface area (Å²) in [7, 11) is 0. The summed E-state index contributed by atoms with van der Waals surface area (Å²) in [5, 5.41) is 11.6. The van der Waals surface area contributed by atoms with Crippen molar-refractivity contribution in [1.82, 2.24) is 20.1 Å². The Morgan fingerprint density at radius 1 is 1.19 bits per heavy atom. The average Bonchev–Trinajstić information content (AvgIpc) is 2.68. The van der Waals surface area contributed by atoms with Crippen LogP contribution >= 0.6 is 0 Å². The van der Waals surface area contributed by atoms with E-state index in [2.05, 4.69) is 68.4 Å². The molecule has 26 heavy (non-hydrogen) atoms. The van der Waals surface area contributed by atoms with Gasteiger partial charge in [-0.15, -0.1) is 5.10 Å². The van der Waals surface area contributed by atoms with Gasteiger partial charge in [-0.2, -0.15) is 10.1 Å². The van der Waals surface area contributed by atoms with Crippen LogP contribution in [-0.2, 0) is 11.3 Å². The van der Waals surface area contributed by atoms with Crippen LogP contribution in [0.5, 0.6) is 0 Å². The van der Waals surface area contributed by atoms with Crippen molar-refractivity contribution in [1.29, 1.82) is 0 Å². The fraction of sp³-hybridized carbons (Fsp3) is 0.526. The molecule has 2 aromatic rings. The molecule has 0 saturated carbocycles. The largest absolute Gasteiger partial charge is 0.379 e. The van der Waals surface area contributed by atoms with Gasteiger partial charge in [-0.05, 0) is 19.4 Å². The maximum atomic E-state index is 5.38. The number of aromatic nitrogens is 3. The van der Waals surface area contributed by atoms with Crippen molar-refractivity contribution < 1.29 is 4.74 Å². The van der Waals surface area contributed by atoms with Crippen LogP contribution in [0.2, 0.25) is 0 Å². The van der Waals surface area contributed by atoms with Gasteiger partial charge in [0.25, 0.3) is 0 Å². The number of hydrogen-bond acceptors (Lipinski definition) is 7. The molecule has 3 rings (SSSR count). The van der Waals surface area contributed by atoms with E-state index in [1.54, 1.807) is 6.20 Å². The second-order valence-corrected chi connectivity index (χ2v) is 6.73. The number of rotatable bonds is 8. The van der Waals surface area contributed by atoms with Crippen molar-refractivity contribution in [2.24, 2.45) is 0 Å². The van der Waals surface area contributed by atoms with Gasteiger partial charge in [0.05, 0.1) is 19.4 Å². The SMILES string of the molecule is CC(C)N(Cc1ccccc1)c1cnnc(NCCN2CCOCC2)n1. The van der Waals surface area contributed by atoms with Gasteiger partial charge in [0.1, 0.15) is 0 Å². The summed E-state index contributed by atoms with van der Waals surface area (Å²) < 4.78 is 5.38. The Balaban J connectivity index is 1.60. The molecule has 1 aromatic carbocycles. The molecule has 1 aliphatic rings. The van der Waals surface area contributed by atoms with Crippen LogP contribution in [0.1, 0.15) is 19.4 Å². The first kappa shape index (κ1) is 18.5. The van der Waals surface area contributed by atoms with Crippen LogP contribution in [0.25, 0.3) is 0 Å². The molecule has 7 nitrogen and oxygen atoms in total. The van der Waals surface area contributed by atoms with E-state index in [4.69, 9.17) is 4.74 Å². The molecule has 0 spiro atoms. The Hall–Kier alpha value is -2.25. The van der Waals surface area contributed by atoms with Gasteiger partial charge in [-0.25, -0.2) is 0 Å². The Morgan fingerprint density at radius 3 is 2.69 bits per heavy atom. The van der Waals surface area contributed by atoms with E-state index in [-0.39, 0.29) is 0 Å². The highest BCUT2D eigenvalue weighted by atomic mass is 16.5. The molecule has 2 heterocycles. The molecule has 140 valence electrons. The van der Waals surface area contributed by atoms with Crippen molar-refractivity contribution >= 4 is 11.8 Å². The normalized spacial score (nSPS) is 15.2. The Labute approximate surface area is 155 Å². The van der Waals surface area contributed by atoms with Crippen molar-refractivity contribution in [2.75, 3.05) is 49.6 Å². The third-order valence-corrected chi connectivity index (χ3v) is 4.47. The smallest absolute Gasteiger partial charge is 0.244 e. The lowest BCUT2D eigenvalue weighted by Crippen LogP contribution is -2.39. The van der Waals surface area contributed by atoms with Crippen molar-refractivity contribution in [3.05, 3.63) is 42.1 Å². The number of morpholine rings is 1. The monoisotopic (exact) mass is 356 g/mol. The lowest BCUT2D eigenvalue weighted by Gasteiger charge is -2.28. The van der Waals surface area contributed by atoms with Crippen LogP contribution in [0.4, 0.5) is 11.8 Å². The van der Waals surface area contributed by atoms with Crippen LogP contribution in [0, 0.1) is 0 Å². The molecular weight excluding hydrogens is 328 g/mol. The van der Waals surface area contributed by atoms with E-state index < -0.39 is 0 Å². The Morgan fingerprint density at radius 2 is 1.96 bits per heavy atom. The first-order chi connectivity index (χ1) is 12.7. The maximum Gasteiger partial charge on any atom is 0.244 e. The molecule has 1 aliphatic heterocycles. The minimum absolute atomic E-state index is 0.313. The molecule has 1 fully saturated rings. The maximum absolute atomic E-state index is 5.38. The van der Waals surface area contributed by atoms with Crippen LogP contribution in [0.3, 0.4) is 0 Å². The highest BCUT2D eigenvalue weighted by molar-refractivity contribution is 5.42. The van der Waals surface area contributed by atoms with E-state index in [1.165, 1.54) is 5.56 Å². The molecule has 0 aliphatic carbocycles. The van der Waals surface area contributed by atoms with Crippen molar-refractivity contribution in [2.45, 2.75) is 26.4 Å². The zero-order chi connectivity index (χ0) is 18.2. The van der Waals surface area contributed by atoms with Gasteiger partial charge in [0, 0.05) is 38.8 Å². The van der Waals surface area contributed by atoms with E-state index in [1.807, 2.05) is 6.07 Å². The lowest BCUT2D eigenvalue weighted by molar-refractivity contribution is 0.0398. The number of nitrogens with one attached hydrogen (secondary N) is 1. The van der Waals surface area contributed by atoms with Gasteiger partial charge >= 0.3 is 0 Å². The quantitative estimate of drug-likeness (QED) is 0.776. The summed E-state index contributed by atoms with van der Waals surface area (Å²) in [5.41, 5.74) is 1.25. The summed E-state index contributed by atoms with van der Waals surface area (Å²) in [6.07, 6.45) is 1.73. The number of ether oxygens (including phenoxy) is 1. The number of hydrogen-bond donors (Lipinski definition) is 1. The molecule has 0 radical (unpaired) electrons. The summed E-state index contributed by atoms with van der Waals surface area (Å²) in [6, 6.07) is 10.7. The average molecular weight is 356 g/mol. The number of benzene rings is 1. The molecule has 0 amide bonds. The second-order valence-electron chi connectivity index (χ2n) is 6.73. The van der Waals surface area contributed by atoms with Crippen LogP contribution < -0.4 is 10.2 Å². The summed E-state index contributed by atoms with van der Waals surface area (Å²) in [5.74, 6) is 1.42. The Kier molecular flexibility index (Phi) is 6.74. The van der Waals surface area contributed by atoms with Crippen LogP contribution in [-0.4, -0.2) is 65.5 Å². The molecule has 1 aromatic heterocycles. The van der Waals surface area contributed by atoms with Gasteiger partial charge in [0.15, 0.2) is 5.82 Å². The molecule has 0 bridgehead atoms. The molecule has 0 atom stereocenters. The van der Waals surface area contributed by atoms with Gasteiger partial charge in [0.2, 0.25) is 5.95 Å². The molecule has 1 N–H and O–H groups in total. The summed E-state index contributed by atoms with van der Waals surface area (Å²) in [4.78, 5) is 9.28. The predicted octanol–water partition coefficient (Wildman–Crippen LogP) is 2.03. The number of anilines is 2. The fourth-order valence-corrected chi connectivity index (χ4v) is 2.97. The van der Waals surface area contributed by atoms with Crippen molar-refractivity contribution in [3.63, 3.8) is 0 Å². The zero-order valence-corrected chi connectivity index (χ0v) is 15.6. The topological polar surface area (TPSA) is 66.4 Å². The van der Waals surface area contributed by atoms with Crippen LogP contribution in [0.15, 0.2) is 36.5 Å². The lowest BCUT2D eigenvalue weighted by atomic mass is 10.2. The van der Waals surface area contributed by atoms with E-state index in [0.717, 1.165) is 51.8 Å². The number of nitrogens with zero attached hydrogens (tertiary/aromatic N) is 5. The standard InChI is InChI=1S/C19H28N6O/c1-16(2)25(15-17-6-4-3-5-7-17)18-14-21-23-19(22-18)20-8-9-24-10-12-26-13-11-24/h3-7,14,16H,8-13,15H2,1-2H3,(H,20,22,23). The predicted molar refractivity (Wildman–Crippen MR) is 103 cm³/mol. The van der Waals surface area contributed by atoms with Gasteiger partial charge in [-0.1, -0.05) is 30.3 Å². The third kappa shape index (κ3) is 5.37. The van der Waals surface area contributed by atoms with E-state index >= 15 is 0 Å². The highest BCUT2D eigenvalue weighted by Crippen LogP contribution is 2.17.